The van der Waals surface area contributed by atoms with Crippen LogP contribution in [0.3, 0.4) is 0 Å². The van der Waals surface area contributed by atoms with Gasteiger partial charge in [0.25, 0.3) is 0 Å². The zero-order chi connectivity index (χ0) is 14.4. The highest BCUT2D eigenvalue weighted by Crippen LogP contribution is 2.25. The van der Waals surface area contributed by atoms with Gasteiger partial charge in [0.1, 0.15) is 12.4 Å². The molecule has 3 heterocycles. The lowest BCUT2D eigenvalue weighted by Crippen LogP contribution is -2.39. The van der Waals surface area contributed by atoms with Gasteiger partial charge in [0.2, 0.25) is 6.23 Å². The van der Waals surface area contributed by atoms with E-state index < -0.39 is 11.9 Å². The summed E-state index contributed by atoms with van der Waals surface area (Å²) >= 11 is 0. The van der Waals surface area contributed by atoms with Gasteiger partial charge >= 0.3 is 11.4 Å². The van der Waals surface area contributed by atoms with E-state index in [9.17, 15) is 9.59 Å². The molecule has 1 fully saturated rings. The predicted octanol–water partition coefficient (Wildman–Crippen LogP) is 0.244. The lowest BCUT2D eigenvalue weighted by Gasteiger charge is -2.30. The first-order valence-electron chi connectivity index (χ1n) is 6.71. The van der Waals surface area contributed by atoms with E-state index in [-0.39, 0.29) is 5.69 Å². The molecule has 0 bridgehead atoms. The third kappa shape index (κ3) is 1.71. The lowest BCUT2D eigenvalue weighted by molar-refractivity contribution is -0.0943. The Labute approximate surface area is 119 Å². The number of para-hydroxylation sites is 1. The van der Waals surface area contributed by atoms with Crippen LogP contribution in [-0.2, 0) is 16.0 Å². The van der Waals surface area contributed by atoms with Crippen molar-refractivity contribution in [1.29, 1.82) is 0 Å². The van der Waals surface area contributed by atoms with Gasteiger partial charge in [0.05, 0.1) is 18.8 Å². The molecule has 1 aromatic carbocycles. The molecule has 2 aliphatic heterocycles. The monoisotopic (exact) mass is 287 g/mol. The number of allylic oxidation sites excluding steroid dienone is 1. The van der Waals surface area contributed by atoms with Gasteiger partial charge < -0.3 is 9.47 Å². The number of nitrogens with zero attached hydrogens (tertiary/aromatic N) is 3. The fraction of sp³-hybridized carbons (Fsp3) is 0.286. The molecule has 0 spiro atoms. The summed E-state index contributed by atoms with van der Waals surface area (Å²) in [6, 6.07) is 8.85. The van der Waals surface area contributed by atoms with Crippen molar-refractivity contribution in [3.05, 3.63) is 63.1 Å². The van der Waals surface area contributed by atoms with Gasteiger partial charge in [-0.1, -0.05) is 18.2 Å². The molecule has 0 aliphatic carbocycles. The maximum atomic E-state index is 12.6. The molecule has 2 aromatic rings. The number of ether oxygens (including phenoxy) is 2. The largest absolute Gasteiger partial charge is 0.491 e. The molecule has 0 N–H and O–H groups in total. The van der Waals surface area contributed by atoms with Crippen LogP contribution in [0, 0.1) is 0 Å². The minimum absolute atomic E-state index is 0.295. The van der Waals surface area contributed by atoms with Gasteiger partial charge in [-0.05, 0) is 18.2 Å². The summed E-state index contributed by atoms with van der Waals surface area (Å²) in [5.41, 5.74) is -0.261. The highest BCUT2D eigenvalue weighted by molar-refractivity contribution is 5.30. The molecule has 1 unspecified atom stereocenters. The quantitative estimate of drug-likeness (QED) is 0.753. The van der Waals surface area contributed by atoms with Gasteiger partial charge in [-0.2, -0.15) is 4.68 Å². The van der Waals surface area contributed by atoms with E-state index in [2.05, 4.69) is 0 Å². The van der Waals surface area contributed by atoms with Crippen LogP contribution >= 0.6 is 0 Å². The van der Waals surface area contributed by atoms with Crippen molar-refractivity contribution in [2.24, 2.45) is 0 Å². The standard InChI is InChI=1S/C14H13N3O4/c18-13-15-7-6-11-12(21-9-8-20-11)17(15)14(19)16(13)10-4-2-1-3-5-10/h1-6,12H,7-9H2. The van der Waals surface area contributed by atoms with Crippen LogP contribution in [0.4, 0.5) is 0 Å². The SMILES string of the molecule is O=c1n(-c2ccccc2)c(=O)n2n1CC=C1OCCOC12. The maximum absolute atomic E-state index is 12.6. The third-order valence-corrected chi connectivity index (χ3v) is 3.63. The van der Waals surface area contributed by atoms with E-state index in [1.165, 1.54) is 9.36 Å². The Morgan fingerprint density at radius 3 is 2.67 bits per heavy atom. The molecule has 21 heavy (non-hydrogen) atoms. The van der Waals surface area contributed by atoms with E-state index in [0.29, 0.717) is 31.2 Å². The molecule has 0 radical (unpaired) electrons. The van der Waals surface area contributed by atoms with E-state index >= 15 is 0 Å². The predicted molar refractivity (Wildman–Crippen MR) is 73.3 cm³/mol. The number of benzene rings is 1. The normalized spacial score (nSPS) is 20.2. The summed E-state index contributed by atoms with van der Waals surface area (Å²) in [4.78, 5) is 25.1. The number of hydrogen-bond acceptors (Lipinski definition) is 4. The minimum Gasteiger partial charge on any atom is -0.491 e. The average molecular weight is 287 g/mol. The van der Waals surface area contributed by atoms with Crippen molar-refractivity contribution in [2.75, 3.05) is 13.2 Å². The van der Waals surface area contributed by atoms with Crippen molar-refractivity contribution in [3.63, 3.8) is 0 Å². The van der Waals surface area contributed by atoms with Crippen molar-refractivity contribution in [2.45, 2.75) is 12.8 Å². The van der Waals surface area contributed by atoms with Gasteiger partial charge in [0, 0.05) is 0 Å². The zero-order valence-electron chi connectivity index (χ0n) is 11.1. The number of rotatable bonds is 1. The second kappa shape index (κ2) is 4.49. The molecule has 108 valence electrons. The summed E-state index contributed by atoms with van der Waals surface area (Å²) < 4.78 is 14.9. The first kappa shape index (κ1) is 12.2. The number of fused-ring (bicyclic) bond motifs is 3. The van der Waals surface area contributed by atoms with Crippen LogP contribution in [0.1, 0.15) is 6.23 Å². The number of hydrogen-bond donors (Lipinski definition) is 0. The van der Waals surface area contributed by atoms with Gasteiger partial charge in [-0.3, -0.25) is 0 Å². The summed E-state index contributed by atoms with van der Waals surface area (Å²) in [5.74, 6) is 0.591. The summed E-state index contributed by atoms with van der Waals surface area (Å²) in [7, 11) is 0. The molecule has 7 heteroatoms. The van der Waals surface area contributed by atoms with Crippen LogP contribution in [0.5, 0.6) is 0 Å². The highest BCUT2D eigenvalue weighted by Gasteiger charge is 2.32. The Bertz CT molecular complexity index is 828. The Kier molecular flexibility index (Phi) is 2.61. The van der Waals surface area contributed by atoms with E-state index in [0.717, 1.165) is 4.57 Å². The Morgan fingerprint density at radius 1 is 1.05 bits per heavy atom. The molecule has 0 saturated carbocycles. The Morgan fingerprint density at radius 2 is 1.86 bits per heavy atom. The molecular formula is C14H13N3O4. The van der Waals surface area contributed by atoms with Crippen LogP contribution in [0.25, 0.3) is 5.69 Å². The summed E-state index contributed by atoms with van der Waals surface area (Å²) in [6.07, 6.45) is 1.12. The first-order chi connectivity index (χ1) is 10.3. The topological polar surface area (TPSA) is 67.4 Å². The molecule has 1 atom stereocenters. The maximum Gasteiger partial charge on any atom is 0.354 e. The van der Waals surface area contributed by atoms with Crippen molar-refractivity contribution in [1.82, 2.24) is 13.9 Å². The third-order valence-electron chi connectivity index (χ3n) is 3.63. The molecule has 2 aliphatic rings. The highest BCUT2D eigenvalue weighted by atomic mass is 16.6. The second-order valence-corrected chi connectivity index (χ2v) is 4.84. The minimum atomic E-state index is -0.655. The van der Waals surface area contributed by atoms with Crippen molar-refractivity contribution >= 4 is 0 Å². The molecule has 0 amide bonds. The van der Waals surface area contributed by atoms with Crippen LogP contribution in [0.2, 0.25) is 0 Å². The zero-order valence-corrected chi connectivity index (χ0v) is 11.1. The van der Waals surface area contributed by atoms with Crippen molar-refractivity contribution in [3.8, 4) is 5.69 Å². The second-order valence-electron chi connectivity index (χ2n) is 4.84. The van der Waals surface area contributed by atoms with Crippen LogP contribution in [-0.4, -0.2) is 27.1 Å². The van der Waals surface area contributed by atoms with Gasteiger partial charge in [0.15, 0.2) is 0 Å². The van der Waals surface area contributed by atoms with Crippen LogP contribution in [0.15, 0.2) is 51.8 Å². The molecule has 1 saturated heterocycles. The van der Waals surface area contributed by atoms with Gasteiger partial charge in [-0.15, -0.1) is 0 Å². The van der Waals surface area contributed by atoms with Crippen molar-refractivity contribution < 1.29 is 9.47 Å². The fourth-order valence-electron chi connectivity index (χ4n) is 2.69. The summed E-state index contributed by atoms with van der Waals surface area (Å²) in [5, 5.41) is 0. The number of aromatic nitrogens is 3. The van der Waals surface area contributed by atoms with Gasteiger partial charge in [-0.25, -0.2) is 18.8 Å². The smallest absolute Gasteiger partial charge is 0.354 e. The summed E-state index contributed by atoms with van der Waals surface area (Å²) in [6.45, 7) is 1.14. The van der Waals surface area contributed by atoms with E-state index in [1.54, 1.807) is 30.3 Å². The molecular weight excluding hydrogens is 274 g/mol. The van der Waals surface area contributed by atoms with Crippen LogP contribution < -0.4 is 11.4 Å². The van der Waals surface area contributed by atoms with E-state index in [1.807, 2.05) is 6.07 Å². The average Bonchev–Trinajstić information content (AvgIpc) is 2.80. The molecule has 4 rings (SSSR count). The van der Waals surface area contributed by atoms with E-state index in [4.69, 9.17) is 9.47 Å². The first-order valence-corrected chi connectivity index (χ1v) is 6.71. The Balaban J connectivity index is 1.94. The fourth-order valence-corrected chi connectivity index (χ4v) is 2.69. The molecule has 1 aromatic heterocycles. The molecule has 7 nitrogen and oxygen atoms in total. The lowest BCUT2D eigenvalue weighted by atomic mass is 10.3. The Hall–Kier alpha value is -2.54.